The summed E-state index contributed by atoms with van der Waals surface area (Å²) in [5, 5.41) is 0. The minimum atomic E-state index is 0.0913. The molecule has 0 aromatic heterocycles. The van der Waals surface area contributed by atoms with Crippen LogP contribution in [0.2, 0.25) is 0 Å². The van der Waals surface area contributed by atoms with Crippen molar-refractivity contribution in [2.75, 3.05) is 6.61 Å². The highest BCUT2D eigenvalue weighted by atomic mass is 16.7. The van der Waals surface area contributed by atoms with E-state index in [1.54, 1.807) is 0 Å². The molecular weight excluding hydrogens is 320 g/mol. The van der Waals surface area contributed by atoms with Gasteiger partial charge in [0.2, 0.25) is 0 Å². The fourth-order valence-electron chi connectivity index (χ4n) is 8.47. The van der Waals surface area contributed by atoms with E-state index in [-0.39, 0.29) is 6.29 Å². The molecule has 0 radical (unpaired) electrons. The summed E-state index contributed by atoms with van der Waals surface area (Å²) >= 11 is 0. The van der Waals surface area contributed by atoms with Gasteiger partial charge < -0.3 is 9.47 Å². The summed E-state index contributed by atoms with van der Waals surface area (Å²) in [6.07, 6.45) is 18.8. The summed E-state index contributed by atoms with van der Waals surface area (Å²) in [5.74, 6) is 3.93. The third-order valence-electron chi connectivity index (χ3n) is 9.95. The molecule has 2 nitrogen and oxygen atoms in total. The molecule has 0 aromatic rings. The van der Waals surface area contributed by atoms with Crippen LogP contribution in [0.1, 0.15) is 97.3 Å². The highest BCUT2D eigenvalue weighted by Crippen LogP contribution is 2.66. The lowest BCUT2D eigenvalue weighted by Crippen LogP contribution is -2.53. The van der Waals surface area contributed by atoms with E-state index in [1.807, 2.05) is 0 Å². The topological polar surface area (TPSA) is 18.5 Å². The molecule has 0 aromatic carbocycles. The molecule has 2 unspecified atom stereocenters. The molecule has 0 bridgehead atoms. The van der Waals surface area contributed by atoms with Crippen LogP contribution in [0.5, 0.6) is 0 Å². The average molecular weight is 361 g/mol. The molecule has 4 saturated carbocycles. The quantitative estimate of drug-likeness (QED) is 0.573. The van der Waals surface area contributed by atoms with Gasteiger partial charge >= 0.3 is 0 Å². The molecule has 1 heterocycles. The Kier molecular flexibility index (Phi) is 4.68. The van der Waals surface area contributed by atoms with Gasteiger partial charge in [-0.05, 0) is 105 Å². The van der Waals surface area contributed by atoms with Crippen molar-refractivity contribution >= 4 is 0 Å². The second-order valence-electron chi connectivity index (χ2n) is 10.9. The Balaban J connectivity index is 1.33. The van der Waals surface area contributed by atoms with Gasteiger partial charge in [0, 0.05) is 6.61 Å². The van der Waals surface area contributed by atoms with Crippen molar-refractivity contribution in [2.24, 2.45) is 34.5 Å². The number of rotatable bonds is 2. The van der Waals surface area contributed by atoms with Gasteiger partial charge in [0.15, 0.2) is 6.29 Å². The van der Waals surface area contributed by atoms with Crippen LogP contribution in [-0.2, 0) is 9.47 Å². The molecule has 8 atom stereocenters. The fraction of sp³-hybridized carbons (Fsp3) is 1.00. The summed E-state index contributed by atoms with van der Waals surface area (Å²) in [4.78, 5) is 0. The van der Waals surface area contributed by atoms with Crippen molar-refractivity contribution in [1.29, 1.82) is 0 Å². The van der Waals surface area contributed by atoms with E-state index < -0.39 is 0 Å². The molecule has 148 valence electrons. The second-order valence-corrected chi connectivity index (χ2v) is 10.9. The Morgan fingerprint density at radius 3 is 2.42 bits per heavy atom. The Hall–Kier alpha value is -0.0800. The van der Waals surface area contributed by atoms with Gasteiger partial charge in [-0.3, -0.25) is 0 Å². The lowest BCUT2D eigenvalue weighted by Gasteiger charge is -2.60. The Morgan fingerprint density at radius 2 is 1.58 bits per heavy atom. The third kappa shape index (κ3) is 2.72. The van der Waals surface area contributed by atoms with Crippen LogP contribution >= 0.6 is 0 Å². The molecule has 5 aliphatic rings. The third-order valence-corrected chi connectivity index (χ3v) is 9.95. The number of ether oxygens (including phenoxy) is 2. The summed E-state index contributed by atoms with van der Waals surface area (Å²) in [6.45, 7) is 6.18. The maximum atomic E-state index is 6.61. The monoisotopic (exact) mass is 360 g/mol. The summed E-state index contributed by atoms with van der Waals surface area (Å²) in [6, 6.07) is 0. The predicted molar refractivity (Wildman–Crippen MR) is 105 cm³/mol. The van der Waals surface area contributed by atoms with Crippen LogP contribution in [-0.4, -0.2) is 19.0 Å². The van der Waals surface area contributed by atoms with Gasteiger partial charge in [-0.1, -0.05) is 26.7 Å². The highest BCUT2D eigenvalue weighted by Gasteiger charge is 2.60. The number of hydrogen-bond donors (Lipinski definition) is 0. The fourth-order valence-corrected chi connectivity index (χ4v) is 8.47. The minimum absolute atomic E-state index is 0.0913. The maximum Gasteiger partial charge on any atom is 0.157 e. The predicted octanol–water partition coefficient (Wildman–Crippen LogP) is 6.33. The van der Waals surface area contributed by atoms with Crippen LogP contribution in [0.4, 0.5) is 0 Å². The summed E-state index contributed by atoms with van der Waals surface area (Å²) < 4.78 is 12.5. The molecule has 26 heavy (non-hydrogen) atoms. The van der Waals surface area contributed by atoms with Gasteiger partial charge in [0.05, 0.1) is 6.10 Å². The molecule has 1 aliphatic heterocycles. The normalized spacial score (nSPS) is 54.2. The van der Waals surface area contributed by atoms with Crippen LogP contribution in [0.25, 0.3) is 0 Å². The summed E-state index contributed by atoms with van der Waals surface area (Å²) in [7, 11) is 0. The lowest BCUT2D eigenvalue weighted by atomic mass is 9.45. The first-order valence-electron chi connectivity index (χ1n) is 11.9. The zero-order valence-corrected chi connectivity index (χ0v) is 17.2. The molecule has 4 aliphatic carbocycles. The molecular formula is C24H40O2. The highest BCUT2D eigenvalue weighted by molar-refractivity contribution is 5.09. The Labute approximate surface area is 160 Å². The molecule has 5 rings (SSSR count). The van der Waals surface area contributed by atoms with Crippen molar-refractivity contribution in [3.63, 3.8) is 0 Å². The van der Waals surface area contributed by atoms with E-state index in [1.165, 1.54) is 77.0 Å². The van der Waals surface area contributed by atoms with E-state index in [0.717, 1.165) is 36.7 Å². The van der Waals surface area contributed by atoms with E-state index in [4.69, 9.17) is 9.47 Å². The smallest absolute Gasteiger partial charge is 0.157 e. The van der Waals surface area contributed by atoms with E-state index in [2.05, 4.69) is 13.8 Å². The average Bonchev–Trinajstić information content (AvgIpc) is 2.98. The van der Waals surface area contributed by atoms with Crippen molar-refractivity contribution < 1.29 is 9.47 Å². The SMILES string of the molecule is C[C@]12CCCC[C@@H]1CC[C@@H]1[C@@H]2CC[C@]2(C)C(OC3CCCCO3)CC[C@@H]12. The first-order chi connectivity index (χ1) is 12.6. The van der Waals surface area contributed by atoms with Crippen LogP contribution in [0, 0.1) is 34.5 Å². The molecule has 1 saturated heterocycles. The first kappa shape index (κ1) is 18.0. The largest absolute Gasteiger partial charge is 0.353 e. The molecule has 2 heteroatoms. The zero-order chi connectivity index (χ0) is 17.8. The standard InChI is InChI=1S/C24H40O2/c1-23-14-5-3-7-17(23)9-10-18-19-11-12-21(24(19,2)15-13-20(18)23)26-22-8-4-6-16-25-22/h17-22H,3-16H2,1-2H3/t17-,18+,19+,20+,21?,22?,23+,24+/m1/s1. The lowest BCUT2D eigenvalue weighted by molar-refractivity contribution is -0.218. The van der Waals surface area contributed by atoms with E-state index in [9.17, 15) is 0 Å². The molecule has 0 amide bonds. The number of fused-ring (bicyclic) bond motifs is 5. The van der Waals surface area contributed by atoms with E-state index >= 15 is 0 Å². The maximum absolute atomic E-state index is 6.61. The van der Waals surface area contributed by atoms with Crippen molar-refractivity contribution in [3.05, 3.63) is 0 Å². The van der Waals surface area contributed by atoms with Crippen LogP contribution < -0.4 is 0 Å². The first-order valence-corrected chi connectivity index (χ1v) is 11.9. The minimum Gasteiger partial charge on any atom is -0.353 e. The molecule has 5 fully saturated rings. The number of hydrogen-bond acceptors (Lipinski definition) is 2. The van der Waals surface area contributed by atoms with Gasteiger partial charge in [-0.15, -0.1) is 0 Å². The zero-order valence-electron chi connectivity index (χ0n) is 17.2. The Morgan fingerprint density at radius 1 is 0.731 bits per heavy atom. The Bertz CT molecular complexity index is 512. The summed E-state index contributed by atoms with van der Waals surface area (Å²) in [5.41, 5.74) is 1.08. The van der Waals surface area contributed by atoms with Crippen molar-refractivity contribution in [2.45, 2.75) is 110 Å². The van der Waals surface area contributed by atoms with Gasteiger partial charge in [-0.2, -0.15) is 0 Å². The van der Waals surface area contributed by atoms with Gasteiger partial charge in [0.1, 0.15) is 0 Å². The van der Waals surface area contributed by atoms with Crippen molar-refractivity contribution in [1.82, 2.24) is 0 Å². The van der Waals surface area contributed by atoms with Crippen LogP contribution in [0.15, 0.2) is 0 Å². The van der Waals surface area contributed by atoms with Gasteiger partial charge in [-0.25, -0.2) is 0 Å². The van der Waals surface area contributed by atoms with Crippen molar-refractivity contribution in [3.8, 4) is 0 Å². The van der Waals surface area contributed by atoms with Gasteiger partial charge in [0.25, 0.3) is 0 Å². The molecule has 0 N–H and O–H groups in total. The van der Waals surface area contributed by atoms with E-state index in [0.29, 0.717) is 16.9 Å². The van der Waals surface area contributed by atoms with Crippen LogP contribution in [0.3, 0.4) is 0 Å². The molecule has 0 spiro atoms. The second kappa shape index (κ2) is 6.76.